The van der Waals surface area contributed by atoms with Crippen molar-refractivity contribution in [2.45, 2.75) is 43.2 Å². The van der Waals surface area contributed by atoms with Crippen molar-refractivity contribution in [3.63, 3.8) is 0 Å². The van der Waals surface area contributed by atoms with Crippen LogP contribution in [0.25, 0.3) is 0 Å². The van der Waals surface area contributed by atoms with Gasteiger partial charge in [-0.1, -0.05) is 11.6 Å². The maximum Gasteiger partial charge on any atom is 0.254 e. The van der Waals surface area contributed by atoms with Crippen LogP contribution in [-0.4, -0.2) is 49.5 Å². The second-order valence-corrected chi connectivity index (χ2v) is 10.2. The molecule has 0 radical (unpaired) electrons. The van der Waals surface area contributed by atoms with Crippen molar-refractivity contribution in [3.05, 3.63) is 57.2 Å². The van der Waals surface area contributed by atoms with Crippen LogP contribution in [0.15, 0.2) is 40.0 Å². The lowest BCUT2D eigenvalue weighted by Gasteiger charge is -2.39. The molecule has 1 amide bonds. The Morgan fingerprint density at radius 3 is 2.59 bits per heavy atom. The molecule has 0 unspecified atom stereocenters. The highest BCUT2D eigenvalue weighted by Crippen LogP contribution is 2.35. The first-order valence-corrected chi connectivity index (χ1v) is 12.1. The van der Waals surface area contributed by atoms with E-state index < -0.39 is 15.8 Å². The van der Waals surface area contributed by atoms with E-state index in [-0.39, 0.29) is 40.5 Å². The first-order chi connectivity index (χ1) is 15.1. The smallest absolute Gasteiger partial charge is 0.254 e. The lowest BCUT2D eigenvalue weighted by atomic mass is 10.1. The largest absolute Gasteiger partial charge is 0.486 e. The molecule has 2 fully saturated rings. The predicted molar refractivity (Wildman–Crippen MR) is 116 cm³/mol. The lowest BCUT2D eigenvalue weighted by molar-refractivity contribution is -0.139. The Morgan fingerprint density at radius 2 is 1.97 bits per heavy atom. The Bertz CT molecular complexity index is 1210. The summed E-state index contributed by atoms with van der Waals surface area (Å²) in [4.78, 5) is 26.0. The highest BCUT2D eigenvalue weighted by Gasteiger charge is 2.33. The minimum Gasteiger partial charge on any atom is -0.486 e. The molecular weight excluding hydrogens is 461 g/mol. The van der Waals surface area contributed by atoms with E-state index in [1.165, 1.54) is 6.07 Å². The van der Waals surface area contributed by atoms with Crippen LogP contribution in [-0.2, 0) is 14.8 Å². The van der Waals surface area contributed by atoms with Gasteiger partial charge in [-0.3, -0.25) is 9.59 Å². The summed E-state index contributed by atoms with van der Waals surface area (Å²) in [7, 11) is -3.90. The number of benzene rings is 1. The number of aryl methyl sites for hydroxylation is 1. The van der Waals surface area contributed by atoms with Crippen LogP contribution in [0.5, 0.6) is 5.75 Å². The highest BCUT2D eigenvalue weighted by molar-refractivity contribution is 7.89. The minimum atomic E-state index is -3.90. The van der Waals surface area contributed by atoms with Crippen LogP contribution in [0.1, 0.15) is 31.0 Å². The summed E-state index contributed by atoms with van der Waals surface area (Å²) >= 11 is 5.63. The van der Waals surface area contributed by atoms with Gasteiger partial charge in [-0.2, -0.15) is 0 Å². The van der Waals surface area contributed by atoms with E-state index in [4.69, 9.17) is 16.3 Å². The van der Waals surface area contributed by atoms with Gasteiger partial charge in [0.15, 0.2) is 0 Å². The number of pyridine rings is 1. The number of sulfonamides is 1. The maximum absolute atomic E-state index is 13.2. The van der Waals surface area contributed by atoms with Crippen molar-refractivity contribution in [1.29, 1.82) is 0 Å². The van der Waals surface area contributed by atoms with Crippen molar-refractivity contribution >= 4 is 27.5 Å². The molecule has 0 bridgehead atoms. The molecule has 1 saturated carbocycles. The number of nitrogens with zero attached hydrogens (tertiary/aromatic N) is 2. The number of carbonyl (C=O) groups is 1. The number of hydrogen-bond donors (Lipinski definition) is 1. The molecule has 0 spiro atoms. The second kappa shape index (κ2) is 8.84. The average Bonchev–Trinajstić information content (AvgIpc) is 3.50. The van der Waals surface area contributed by atoms with Crippen molar-refractivity contribution < 1.29 is 22.3 Å². The fourth-order valence-corrected chi connectivity index (χ4v) is 4.94. The molecule has 4 rings (SSSR count). The van der Waals surface area contributed by atoms with E-state index in [0.29, 0.717) is 24.9 Å². The SMILES string of the molecule is Cc1cc(OC2CN(C(=O)CCNS(=O)(=O)c3ccc(F)c(Cl)c3)C2)cc(=O)n1C1CC1. The zero-order valence-corrected chi connectivity index (χ0v) is 19.0. The van der Waals surface area contributed by atoms with E-state index >= 15 is 0 Å². The van der Waals surface area contributed by atoms with Crippen LogP contribution in [0.2, 0.25) is 5.02 Å². The summed E-state index contributed by atoms with van der Waals surface area (Å²) in [5, 5.41) is -0.296. The van der Waals surface area contributed by atoms with E-state index in [1.54, 1.807) is 9.47 Å². The predicted octanol–water partition coefficient (Wildman–Crippen LogP) is 2.24. The number of amides is 1. The summed E-state index contributed by atoms with van der Waals surface area (Å²) in [5.41, 5.74) is 0.779. The molecular formula is C21H23ClFN3O5S. The molecule has 172 valence electrons. The van der Waals surface area contributed by atoms with Gasteiger partial charge < -0.3 is 14.2 Å². The van der Waals surface area contributed by atoms with Crippen molar-refractivity contribution in [1.82, 2.24) is 14.2 Å². The van der Waals surface area contributed by atoms with Crippen molar-refractivity contribution in [3.8, 4) is 5.75 Å². The van der Waals surface area contributed by atoms with E-state index in [0.717, 1.165) is 36.7 Å². The quantitative estimate of drug-likeness (QED) is 0.621. The van der Waals surface area contributed by atoms with Crippen LogP contribution < -0.4 is 15.0 Å². The molecule has 2 heterocycles. The third-order valence-corrected chi connectivity index (χ3v) is 7.23. The maximum atomic E-state index is 13.2. The van der Waals surface area contributed by atoms with Crippen molar-refractivity contribution in [2.24, 2.45) is 0 Å². The van der Waals surface area contributed by atoms with Gasteiger partial charge in [0.1, 0.15) is 17.7 Å². The third-order valence-electron chi connectivity index (χ3n) is 5.48. The fourth-order valence-electron chi connectivity index (χ4n) is 3.64. The average molecular weight is 484 g/mol. The van der Waals surface area contributed by atoms with Gasteiger partial charge in [0.2, 0.25) is 15.9 Å². The molecule has 2 aromatic rings. The van der Waals surface area contributed by atoms with Crippen molar-refractivity contribution in [2.75, 3.05) is 19.6 Å². The number of aromatic nitrogens is 1. The van der Waals surface area contributed by atoms with Crippen LogP contribution in [0.3, 0.4) is 0 Å². The summed E-state index contributed by atoms with van der Waals surface area (Å²) in [6.07, 6.45) is 1.80. The molecule has 32 heavy (non-hydrogen) atoms. The van der Waals surface area contributed by atoms with Gasteiger partial charge >= 0.3 is 0 Å². The number of ether oxygens (including phenoxy) is 1. The van der Waals surface area contributed by atoms with Crippen LogP contribution >= 0.6 is 11.6 Å². The molecule has 1 aliphatic carbocycles. The molecule has 1 aliphatic heterocycles. The number of likely N-dealkylation sites (tertiary alicyclic amines) is 1. The summed E-state index contributed by atoms with van der Waals surface area (Å²) in [6.45, 7) is 2.51. The molecule has 1 aromatic heterocycles. The number of halogens is 2. The van der Waals surface area contributed by atoms with Crippen LogP contribution in [0.4, 0.5) is 4.39 Å². The number of carbonyl (C=O) groups excluding carboxylic acids is 1. The molecule has 11 heteroatoms. The Morgan fingerprint density at radius 1 is 1.25 bits per heavy atom. The molecule has 1 aromatic carbocycles. The zero-order valence-electron chi connectivity index (χ0n) is 17.4. The first-order valence-electron chi connectivity index (χ1n) is 10.3. The second-order valence-electron chi connectivity index (χ2n) is 8.03. The first kappa shape index (κ1) is 22.8. The lowest BCUT2D eigenvalue weighted by Crippen LogP contribution is -2.56. The van der Waals surface area contributed by atoms with Gasteiger partial charge in [0.05, 0.1) is 23.0 Å². The fraction of sp³-hybridized carbons (Fsp3) is 0.429. The van der Waals surface area contributed by atoms with Crippen LogP contribution in [0, 0.1) is 12.7 Å². The molecule has 0 atom stereocenters. The highest BCUT2D eigenvalue weighted by atomic mass is 35.5. The Hall–Kier alpha value is -2.43. The monoisotopic (exact) mass is 483 g/mol. The molecule has 2 aliphatic rings. The van der Waals surface area contributed by atoms with Gasteiger partial charge in [-0.25, -0.2) is 17.5 Å². The number of nitrogens with one attached hydrogen (secondary N) is 1. The van der Waals surface area contributed by atoms with Gasteiger partial charge in [0, 0.05) is 30.8 Å². The topological polar surface area (TPSA) is 97.7 Å². The van der Waals surface area contributed by atoms with Gasteiger partial charge in [0.25, 0.3) is 5.56 Å². The van der Waals surface area contributed by atoms with E-state index in [9.17, 15) is 22.4 Å². The zero-order chi connectivity index (χ0) is 23.0. The summed E-state index contributed by atoms with van der Waals surface area (Å²) in [6, 6.07) is 6.70. The van der Waals surface area contributed by atoms with Gasteiger partial charge in [-0.15, -0.1) is 0 Å². The van der Waals surface area contributed by atoms with E-state index in [2.05, 4.69) is 4.72 Å². The summed E-state index contributed by atoms with van der Waals surface area (Å²) < 4.78 is 47.6. The Balaban J connectivity index is 1.23. The van der Waals surface area contributed by atoms with Gasteiger partial charge in [-0.05, 0) is 44.0 Å². The minimum absolute atomic E-state index is 0.0303. The summed E-state index contributed by atoms with van der Waals surface area (Å²) in [5.74, 6) is -0.438. The Labute approximate surface area is 190 Å². The Kier molecular flexibility index (Phi) is 6.28. The molecule has 1 N–H and O–H groups in total. The normalized spacial score (nSPS) is 16.7. The third kappa shape index (κ3) is 4.97. The van der Waals surface area contributed by atoms with E-state index in [1.807, 2.05) is 13.0 Å². The molecule has 1 saturated heterocycles. The number of rotatable bonds is 8. The molecule has 8 nitrogen and oxygen atoms in total. The standard InChI is InChI=1S/C21H23ClFN3O5S/c1-13-8-15(9-21(28)26(13)14-2-3-14)31-16-11-25(12-16)20(27)6-7-24-32(29,30)17-4-5-19(23)18(22)10-17/h4-5,8-10,14,16,24H,2-3,6-7,11-12H2,1H3. The number of hydrogen-bond acceptors (Lipinski definition) is 5.